The van der Waals surface area contributed by atoms with E-state index >= 15 is 0 Å². The molecule has 10 aromatic rings. The Kier molecular flexibility index (Phi) is 9.07. The summed E-state index contributed by atoms with van der Waals surface area (Å²) in [6.45, 7) is 17.9. The van der Waals surface area contributed by atoms with Crippen LogP contribution in [0.3, 0.4) is 0 Å². The summed E-state index contributed by atoms with van der Waals surface area (Å²) in [4.78, 5) is 26.2. The van der Waals surface area contributed by atoms with E-state index in [1.54, 1.807) is 0 Å². The third kappa shape index (κ3) is 6.12. The predicted molar refractivity (Wildman–Crippen MR) is 283 cm³/mol. The van der Waals surface area contributed by atoms with Crippen LogP contribution in [0.1, 0.15) is 66.5 Å². The molecule has 6 heterocycles. The Morgan fingerprint density at radius 3 is 1.07 bits per heavy atom. The third-order valence-corrected chi connectivity index (χ3v) is 15.4. The van der Waals surface area contributed by atoms with Crippen LogP contribution in [0.4, 0.5) is 11.6 Å². The fourth-order valence-corrected chi connectivity index (χ4v) is 10.5. The topological polar surface area (TPSA) is 66.8 Å². The summed E-state index contributed by atoms with van der Waals surface area (Å²) in [7, 11) is 0. The maximum absolute atomic E-state index is 5.46. The lowest BCUT2D eigenvalue weighted by molar-refractivity contribution is 0.337. The first-order valence-corrected chi connectivity index (χ1v) is 23.7. The number of hydrogen-bond donors (Lipinski definition) is 0. The van der Waals surface area contributed by atoms with Gasteiger partial charge in [0.05, 0.1) is 44.2 Å². The fourth-order valence-electron chi connectivity index (χ4n) is 10.5. The van der Waals surface area contributed by atoms with Crippen LogP contribution in [0.5, 0.6) is 0 Å². The Labute approximate surface area is 397 Å². The third-order valence-electron chi connectivity index (χ3n) is 15.4. The van der Waals surface area contributed by atoms with Crippen LogP contribution in [0, 0.1) is 0 Å². The van der Waals surface area contributed by atoms with Gasteiger partial charge in [0, 0.05) is 32.7 Å². The van der Waals surface area contributed by atoms with Gasteiger partial charge >= 0.3 is 0 Å². The predicted octanol–water partition coefficient (Wildman–Crippen LogP) is 14.0. The van der Waals surface area contributed by atoms with Crippen LogP contribution in [0.2, 0.25) is 0 Å². The molecule has 0 spiro atoms. The summed E-state index contributed by atoms with van der Waals surface area (Å²) in [6, 6.07) is 64.7. The maximum Gasteiger partial charge on any atom is 0.140 e. The van der Waals surface area contributed by atoms with Crippen LogP contribution < -0.4 is 9.80 Å². The number of amidine groups is 2. The van der Waals surface area contributed by atoms with E-state index in [0.29, 0.717) is 0 Å². The van der Waals surface area contributed by atoms with Crippen molar-refractivity contribution >= 4 is 66.9 Å². The molecule has 4 aromatic heterocycles. The van der Waals surface area contributed by atoms with Gasteiger partial charge < -0.3 is 9.80 Å². The van der Waals surface area contributed by atoms with Crippen molar-refractivity contribution in [3.05, 3.63) is 193 Å². The number of nitrogens with zero attached hydrogens (tertiary/aromatic N) is 8. The van der Waals surface area contributed by atoms with E-state index in [-0.39, 0.29) is 22.2 Å². The molecule has 0 bridgehead atoms. The molecular weight excluding hydrogens is 833 g/mol. The molecule has 6 aromatic carbocycles. The molecule has 0 saturated carbocycles. The molecule has 2 aliphatic heterocycles. The van der Waals surface area contributed by atoms with Gasteiger partial charge in [0.15, 0.2) is 0 Å². The molecule has 0 aliphatic carbocycles. The molecule has 0 unspecified atom stereocenters. The van der Waals surface area contributed by atoms with Crippen molar-refractivity contribution in [3.63, 3.8) is 0 Å². The molecule has 8 nitrogen and oxygen atoms in total. The van der Waals surface area contributed by atoms with E-state index in [0.717, 1.165) is 79.3 Å². The lowest BCUT2D eigenvalue weighted by atomic mass is 9.83. The first-order valence-electron chi connectivity index (χ1n) is 23.7. The molecule has 12 rings (SSSR count). The second-order valence-corrected chi connectivity index (χ2v) is 20.4. The first-order chi connectivity index (χ1) is 32.7. The number of aliphatic imine (C=N–C) groups is 2. The van der Waals surface area contributed by atoms with Crippen LogP contribution in [-0.4, -0.2) is 52.9 Å². The minimum absolute atomic E-state index is 0.336. The Morgan fingerprint density at radius 1 is 0.309 bits per heavy atom. The number of anilines is 2. The SMILES string of the molecule is CC1(C)N=C(c2ccccc2)N(c2cccc(-n3c4ccccc4c4cc(-c5ccc6c(c5)c5ccccc5n6-c5cccc(N6C(c7ccccc7)=NC(C)(C)C6(C)C)n5)ccc43)n2)C1(C)C. The summed E-state index contributed by atoms with van der Waals surface area (Å²) in [5, 5.41) is 4.71. The first kappa shape index (κ1) is 41.6. The van der Waals surface area contributed by atoms with E-state index in [1.807, 2.05) is 0 Å². The minimum Gasteiger partial charge on any atom is -0.303 e. The number of fused-ring (bicyclic) bond motifs is 6. The van der Waals surface area contributed by atoms with Crippen molar-refractivity contribution in [2.75, 3.05) is 9.80 Å². The Morgan fingerprint density at radius 2 is 0.662 bits per heavy atom. The maximum atomic E-state index is 5.46. The van der Waals surface area contributed by atoms with Crippen molar-refractivity contribution in [1.82, 2.24) is 19.1 Å². The van der Waals surface area contributed by atoms with Gasteiger partial charge in [-0.3, -0.25) is 19.1 Å². The average molecular weight is 887 g/mol. The monoisotopic (exact) mass is 886 g/mol. The van der Waals surface area contributed by atoms with Gasteiger partial charge in [0.2, 0.25) is 0 Å². The second kappa shape index (κ2) is 14.8. The minimum atomic E-state index is -0.343. The number of aromatic nitrogens is 4. The zero-order chi connectivity index (χ0) is 46.7. The lowest BCUT2D eigenvalue weighted by Crippen LogP contribution is -2.53. The number of hydrogen-bond acceptors (Lipinski definition) is 6. The van der Waals surface area contributed by atoms with E-state index in [9.17, 15) is 0 Å². The van der Waals surface area contributed by atoms with Gasteiger partial charge in [-0.25, -0.2) is 9.97 Å². The van der Waals surface area contributed by atoms with Crippen LogP contribution in [0.25, 0.3) is 66.4 Å². The summed E-state index contributed by atoms with van der Waals surface area (Å²) in [5.74, 6) is 5.33. The highest BCUT2D eigenvalue weighted by Gasteiger charge is 2.51. The fraction of sp³-hybridized carbons (Fsp3) is 0.200. The van der Waals surface area contributed by atoms with E-state index in [2.05, 4.69) is 256 Å². The Hall–Kier alpha value is -7.84. The van der Waals surface area contributed by atoms with Crippen LogP contribution >= 0.6 is 0 Å². The quantitative estimate of drug-likeness (QED) is 0.160. The molecule has 0 amide bonds. The summed E-state index contributed by atoms with van der Waals surface area (Å²) in [6.07, 6.45) is 0. The number of rotatable bonds is 7. The van der Waals surface area contributed by atoms with Crippen molar-refractivity contribution in [2.24, 2.45) is 9.98 Å². The number of benzene rings is 6. The highest BCUT2D eigenvalue weighted by Crippen LogP contribution is 2.45. The highest BCUT2D eigenvalue weighted by atomic mass is 15.4. The van der Waals surface area contributed by atoms with Gasteiger partial charge in [-0.2, -0.15) is 0 Å². The summed E-state index contributed by atoms with van der Waals surface area (Å²) < 4.78 is 4.62. The molecule has 334 valence electrons. The molecule has 0 fully saturated rings. The van der Waals surface area contributed by atoms with Crippen molar-refractivity contribution in [2.45, 2.75) is 77.5 Å². The second-order valence-electron chi connectivity index (χ2n) is 20.4. The van der Waals surface area contributed by atoms with Crippen LogP contribution in [0.15, 0.2) is 192 Å². The van der Waals surface area contributed by atoms with Crippen molar-refractivity contribution < 1.29 is 0 Å². The van der Waals surface area contributed by atoms with Gasteiger partial charge in [0.25, 0.3) is 0 Å². The summed E-state index contributed by atoms with van der Waals surface area (Å²) >= 11 is 0. The smallest absolute Gasteiger partial charge is 0.140 e. The van der Waals surface area contributed by atoms with Crippen molar-refractivity contribution in [3.8, 4) is 22.8 Å². The van der Waals surface area contributed by atoms with Gasteiger partial charge in [-0.1, -0.05) is 121 Å². The highest BCUT2D eigenvalue weighted by molar-refractivity contribution is 6.15. The molecule has 0 atom stereocenters. The van der Waals surface area contributed by atoms with Gasteiger partial charge in [-0.15, -0.1) is 0 Å². The molecule has 0 radical (unpaired) electrons. The average Bonchev–Trinajstić information content (AvgIpc) is 3.98. The van der Waals surface area contributed by atoms with E-state index in [1.165, 1.54) is 21.5 Å². The molecule has 0 saturated heterocycles. The zero-order valence-electron chi connectivity index (χ0n) is 39.9. The molecule has 0 N–H and O–H groups in total. The molecule has 68 heavy (non-hydrogen) atoms. The standard InChI is InChI=1S/C60H54N8/c1-57(2)59(5,6)67(55(63-57)39-21-11-9-12-22-39)53-31-19-29-51(61-53)65-47-27-17-15-25-43(47)45-37-41(33-35-49(45)65)42-34-36-50-46(38-42)44-26-16-18-28-48(44)66(50)52-30-20-32-54(62-52)68-56(40-23-13-10-14-24-40)64-58(3,4)60(68,7)8/h9-38H,1-8H3. The van der Waals surface area contributed by atoms with Crippen molar-refractivity contribution in [1.29, 1.82) is 0 Å². The molecule has 2 aliphatic rings. The van der Waals surface area contributed by atoms with Gasteiger partial charge in [-0.05, 0) is 127 Å². The molecule has 8 heteroatoms. The Balaban J connectivity index is 0.953. The van der Waals surface area contributed by atoms with Gasteiger partial charge in [0.1, 0.15) is 34.9 Å². The molecular formula is C60H54N8. The largest absolute Gasteiger partial charge is 0.303 e. The van der Waals surface area contributed by atoms with Crippen LogP contribution in [-0.2, 0) is 0 Å². The number of pyridine rings is 2. The lowest BCUT2D eigenvalue weighted by Gasteiger charge is -2.40. The summed E-state index contributed by atoms with van der Waals surface area (Å²) in [5.41, 5.74) is 7.53. The van der Waals surface area contributed by atoms with E-state index in [4.69, 9.17) is 20.0 Å². The Bertz CT molecular complexity index is 3460. The normalized spacial score (nSPS) is 17.1. The number of para-hydroxylation sites is 2. The zero-order valence-corrected chi connectivity index (χ0v) is 39.9. The van der Waals surface area contributed by atoms with E-state index < -0.39 is 0 Å².